The van der Waals surface area contributed by atoms with Gasteiger partial charge in [-0.15, -0.1) is 0 Å². The van der Waals surface area contributed by atoms with Crippen LogP contribution in [0.3, 0.4) is 0 Å². The molecule has 0 aliphatic carbocycles. The van der Waals surface area contributed by atoms with E-state index >= 15 is 0 Å². The molecule has 1 aromatic carbocycles. The SMILES string of the molecule is Cc1c(NC(=O)NCc2ccco2)c(=O)n(-c2ccccc2)n1C. The Morgan fingerprint density at radius 3 is 2.58 bits per heavy atom. The van der Waals surface area contributed by atoms with Crippen LogP contribution in [0, 0.1) is 6.92 Å². The third-order valence-corrected chi connectivity index (χ3v) is 3.80. The van der Waals surface area contributed by atoms with Crippen molar-refractivity contribution in [3.8, 4) is 5.69 Å². The standard InChI is InChI=1S/C17H18N4O3/c1-12-15(19-17(23)18-11-14-9-6-10-24-14)16(22)21(20(12)2)13-7-4-3-5-8-13/h3-10H,11H2,1-2H3,(H2,18,19,23). The minimum Gasteiger partial charge on any atom is -0.467 e. The van der Waals surface area contributed by atoms with Gasteiger partial charge in [-0.05, 0) is 31.2 Å². The van der Waals surface area contributed by atoms with Crippen molar-refractivity contribution < 1.29 is 9.21 Å². The summed E-state index contributed by atoms with van der Waals surface area (Å²) in [6.45, 7) is 2.03. The van der Waals surface area contributed by atoms with Crippen molar-refractivity contribution in [2.75, 3.05) is 5.32 Å². The Morgan fingerprint density at radius 1 is 1.17 bits per heavy atom. The summed E-state index contributed by atoms with van der Waals surface area (Å²) in [7, 11) is 1.77. The first-order chi connectivity index (χ1) is 11.6. The largest absolute Gasteiger partial charge is 0.467 e. The molecule has 0 radical (unpaired) electrons. The first-order valence-corrected chi connectivity index (χ1v) is 7.49. The highest BCUT2D eigenvalue weighted by atomic mass is 16.3. The summed E-state index contributed by atoms with van der Waals surface area (Å²) < 4.78 is 8.37. The molecule has 0 saturated heterocycles. The summed E-state index contributed by atoms with van der Waals surface area (Å²) in [5, 5.41) is 5.28. The van der Waals surface area contributed by atoms with E-state index in [4.69, 9.17) is 4.42 Å². The lowest BCUT2D eigenvalue weighted by molar-refractivity contribution is 0.251. The highest BCUT2D eigenvalue weighted by Gasteiger charge is 2.17. The Bertz CT molecular complexity index is 892. The molecule has 3 aromatic rings. The minimum absolute atomic E-state index is 0.248. The number of anilines is 1. The number of hydrogen-bond donors (Lipinski definition) is 2. The number of nitrogens with zero attached hydrogens (tertiary/aromatic N) is 2. The second kappa shape index (κ2) is 6.49. The van der Waals surface area contributed by atoms with Gasteiger partial charge in [-0.1, -0.05) is 18.2 Å². The van der Waals surface area contributed by atoms with Crippen molar-refractivity contribution >= 4 is 11.7 Å². The monoisotopic (exact) mass is 326 g/mol. The molecule has 0 spiro atoms. The number of hydrogen-bond acceptors (Lipinski definition) is 3. The molecule has 0 bridgehead atoms. The zero-order valence-electron chi connectivity index (χ0n) is 13.4. The van der Waals surface area contributed by atoms with E-state index in [1.807, 2.05) is 30.3 Å². The molecular weight excluding hydrogens is 308 g/mol. The minimum atomic E-state index is -0.461. The van der Waals surface area contributed by atoms with Crippen LogP contribution >= 0.6 is 0 Å². The molecular formula is C17H18N4O3. The maximum Gasteiger partial charge on any atom is 0.319 e. The van der Waals surface area contributed by atoms with E-state index in [2.05, 4.69) is 10.6 Å². The van der Waals surface area contributed by atoms with Crippen molar-refractivity contribution in [3.05, 3.63) is 70.5 Å². The van der Waals surface area contributed by atoms with E-state index in [1.54, 1.807) is 30.8 Å². The van der Waals surface area contributed by atoms with Crippen molar-refractivity contribution in [2.45, 2.75) is 13.5 Å². The summed E-state index contributed by atoms with van der Waals surface area (Å²) in [6, 6.07) is 12.3. The van der Waals surface area contributed by atoms with Crippen LogP contribution in [0.2, 0.25) is 0 Å². The number of carbonyl (C=O) groups is 1. The number of furan rings is 1. The van der Waals surface area contributed by atoms with Crippen molar-refractivity contribution in [3.63, 3.8) is 0 Å². The molecule has 0 atom stereocenters. The normalized spacial score (nSPS) is 10.6. The molecule has 0 fully saturated rings. The average molecular weight is 326 g/mol. The number of nitrogens with one attached hydrogen (secondary N) is 2. The second-order valence-corrected chi connectivity index (χ2v) is 5.32. The van der Waals surface area contributed by atoms with E-state index in [9.17, 15) is 9.59 Å². The number of benzene rings is 1. The lowest BCUT2D eigenvalue weighted by Crippen LogP contribution is -2.30. The van der Waals surface area contributed by atoms with Crippen molar-refractivity contribution in [2.24, 2.45) is 7.05 Å². The number of rotatable bonds is 4. The number of para-hydroxylation sites is 1. The van der Waals surface area contributed by atoms with Gasteiger partial charge in [-0.3, -0.25) is 9.48 Å². The number of urea groups is 1. The van der Waals surface area contributed by atoms with Crippen LogP contribution in [-0.2, 0) is 13.6 Å². The van der Waals surface area contributed by atoms with Crippen LogP contribution in [-0.4, -0.2) is 15.4 Å². The van der Waals surface area contributed by atoms with Gasteiger partial charge in [0.05, 0.1) is 24.2 Å². The van der Waals surface area contributed by atoms with Crippen LogP contribution < -0.4 is 16.2 Å². The lowest BCUT2D eigenvalue weighted by atomic mass is 10.3. The zero-order valence-corrected chi connectivity index (χ0v) is 13.4. The van der Waals surface area contributed by atoms with Crippen LogP contribution in [0.5, 0.6) is 0 Å². The molecule has 0 unspecified atom stereocenters. The highest BCUT2D eigenvalue weighted by molar-refractivity contribution is 5.89. The zero-order chi connectivity index (χ0) is 17.1. The number of amides is 2. The molecule has 2 N–H and O–H groups in total. The third kappa shape index (κ3) is 2.96. The van der Waals surface area contributed by atoms with E-state index in [-0.39, 0.29) is 17.8 Å². The van der Waals surface area contributed by atoms with Crippen LogP contribution in [0.1, 0.15) is 11.5 Å². The fourth-order valence-electron chi connectivity index (χ4n) is 2.45. The van der Waals surface area contributed by atoms with Crippen molar-refractivity contribution in [1.29, 1.82) is 0 Å². The molecule has 3 rings (SSSR count). The number of carbonyl (C=O) groups excluding carboxylic acids is 1. The van der Waals surface area contributed by atoms with E-state index < -0.39 is 6.03 Å². The molecule has 2 aromatic heterocycles. The Labute approximate surface area is 138 Å². The maximum absolute atomic E-state index is 12.7. The second-order valence-electron chi connectivity index (χ2n) is 5.32. The molecule has 124 valence electrons. The van der Waals surface area contributed by atoms with Gasteiger partial charge in [0.15, 0.2) is 0 Å². The van der Waals surface area contributed by atoms with E-state index in [1.165, 1.54) is 10.9 Å². The smallest absolute Gasteiger partial charge is 0.319 e. The van der Waals surface area contributed by atoms with Gasteiger partial charge in [0.25, 0.3) is 5.56 Å². The maximum atomic E-state index is 12.7. The average Bonchev–Trinajstić information content (AvgIpc) is 3.17. The summed E-state index contributed by atoms with van der Waals surface area (Å²) in [6.07, 6.45) is 1.54. The van der Waals surface area contributed by atoms with Gasteiger partial charge in [0, 0.05) is 7.05 Å². The van der Waals surface area contributed by atoms with Crippen LogP contribution in [0.25, 0.3) is 5.69 Å². The topological polar surface area (TPSA) is 81.2 Å². The molecule has 7 heteroatoms. The summed E-state index contributed by atoms with van der Waals surface area (Å²) in [4.78, 5) is 24.7. The fourth-order valence-corrected chi connectivity index (χ4v) is 2.45. The summed E-state index contributed by atoms with van der Waals surface area (Å²) in [5.41, 5.74) is 1.36. The Hall–Kier alpha value is -3.22. The molecule has 7 nitrogen and oxygen atoms in total. The van der Waals surface area contributed by atoms with Gasteiger partial charge >= 0.3 is 6.03 Å². The van der Waals surface area contributed by atoms with Gasteiger partial charge in [-0.25, -0.2) is 9.48 Å². The number of aromatic nitrogens is 2. The van der Waals surface area contributed by atoms with Crippen LogP contribution in [0.15, 0.2) is 57.9 Å². The molecule has 0 saturated carbocycles. The highest BCUT2D eigenvalue weighted by Crippen LogP contribution is 2.13. The summed E-state index contributed by atoms with van der Waals surface area (Å²) >= 11 is 0. The fraction of sp³-hybridized carbons (Fsp3) is 0.176. The van der Waals surface area contributed by atoms with Gasteiger partial charge in [-0.2, -0.15) is 0 Å². The predicted octanol–water partition coefficient (Wildman–Crippen LogP) is 2.40. The predicted molar refractivity (Wildman–Crippen MR) is 90.3 cm³/mol. The van der Waals surface area contributed by atoms with Gasteiger partial charge < -0.3 is 15.1 Å². The van der Waals surface area contributed by atoms with Gasteiger partial charge in [0.2, 0.25) is 0 Å². The molecule has 2 amide bonds. The van der Waals surface area contributed by atoms with Gasteiger partial charge in [0.1, 0.15) is 11.4 Å². The summed E-state index contributed by atoms with van der Waals surface area (Å²) in [5.74, 6) is 0.636. The Balaban J connectivity index is 1.81. The van der Waals surface area contributed by atoms with E-state index in [0.29, 0.717) is 11.5 Å². The molecule has 24 heavy (non-hydrogen) atoms. The Morgan fingerprint density at radius 2 is 1.92 bits per heavy atom. The molecule has 2 heterocycles. The van der Waals surface area contributed by atoms with E-state index in [0.717, 1.165) is 5.69 Å². The molecule has 0 aliphatic rings. The lowest BCUT2D eigenvalue weighted by Gasteiger charge is -2.07. The first-order valence-electron chi connectivity index (χ1n) is 7.49. The third-order valence-electron chi connectivity index (χ3n) is 3.80. The molecule has 0 aliphatic heterocycles. The van der Waals surface area contributed by atoms with Crippen LogP contribution in [0.4, 0.5) is 10.5 Å². The quantitative estimate of drug-likeness (QED) is 0.772. The Kier molecular flexibility index (Phi) is 4.24. The first kappa shape index (κ1) is 15.7. The van der Waals surface area contributed by atoms with Crippen molar-refractivity contribution in [1.82, 2.24) is 14.7 Å².